The van der Waals surface area contributed by atoms with Gasteiger partial charge in [0.15, 0.2) is 0 Å². The zero-order valence-electron chi connectivity index (χ0n) is 9.41. The second-order valence-electron chi connectivity index (χ2n) is 3.87. The van der Waals surface area contributed by atoms with Crippen LogP contribution in [0.3, 0.4) is 0 Å². The van der Waals surface area contributed by atoms with Crippen LogP contribution in [-0.4, -0.2) is 30.0 Å². The van der Waals surface area contributed by atoms with Crippen LogP contribution in [0.5, 0.6) is 0 Å². The Hall–Kier alpha value is -0.810. The van der Waals surface area contributed by atoms with Gasteiger partial charge in [-0.1, -0.05) is 18.5 Å². The number of carbonyl (C=O) groups is 1. The van der Waals surface area contributed by atoms with Crippen LogP contribution in [-0.2, 0) is 4.79 Å². The minimum atomic E-state index is -0.185. The molecule has 0 saturated carbocycles. The topological polar surface area (TPSA) is 45.2 Å². The third-order valence-electron chi connectivity index (χ3n) is 2.78. The quantitative estimate of drug-likeness (QED) is 0.909. The molecular weight excluding hydrogens is 305 g/mol. The summed E-state index contributed by atoms with van der Waals surface area (Å²) in [6.45, 7) is 3.34. The van der Waals surface area contributed by atoms with E-state index in [1.807, 2.05) is 11.8 Å². The molecule has 0 aliphatic carbocycles. The van der Waals surface area contributed by atoms with Crippen LogP contribution in [0, 0.1) is 0 Å². The Morgan fingerprint density at radius 1 is 1.71 bits per heavy atom. The summed E-state index contributed by atoms with van der Waals surface area (Å²) in [5.41, 5.74) is 0. The monoisotopic (exact) mass is 317 g/mol. The van der Waals surface area contributed by atoms with Crippen LogP contribution in [0.1, 0.15) is 13.3 Å². The number of piperazine rings is 1. The van der Waals surface area contributed by atoms with Crippen molar-refractivity contribution in [3.8, 4) is 0 Å². The maximum atomic E-state index is 11.8. The molecule has 1 unspecified atom stereocenters. The first-order chi connectivity index (χ1) is 8.13. The second kappa shape index (κ2) is 5.23. The largest absolute Gasteiger partial charge is 0.353 e. The molecule has 1 aliphatic rings. The summed E-state index contributed by atoms with van der Waals surface area (Å²) in [6, 6.07) is 1.61. The van der Waals surface area contributed by atoms with Crippen molar-refractivity contribution < 1.29 is 4.79 Å². The van der Waals surface area contributed by atoms with Crippen molar-refractivity contribution >= 4 is 39.3 Å². The fourth-order valence-electron chi connectivity index (χ4n) is 1.99. The first kappa shape index (κ1) is 12.6. The van der Waals surface area contributed by atoms with Crippen molar-refractivity contribution in [2.75, 3.05) is 18.0 Å². The minimum Gasteiger partial charge on any atom is -0.353 e. The fraction of sp³-hybridized carbons (Fsp3) is 0.455. The lowest BCUT2D eigenvalue weighted by Crippen LogP contribution is -2.55. The maximum absolute atomic E-state index is 11.8. The lowest BCUT2D eigenvalue weighted by atomic mass is 10.1. The summed E-state index contributed by atoms with van der Waals surface area (Å²) in [6.07, 6.45) is 2.43. The summed E-state index contributed by atoms with van der Waals surface area (Å²) in [5.74, 6) is 0.719. The van der Waals surface area contributed by atoms with Crippen molar-refractivity contribution in [2.45, 2.75) is 19.4 Å². The number of halogens is 2. The molecule has 0 bridgehead atoms. The standard InChI is InChI=1S/C11H13BrClN3O/c1-2-9-11(17)14-3-4-16(9)10-8(13)5-7(12)6-15-10/h5-6,9H,2-4H2,1H3,(H,14,17). The lowest BCUT2D eigenvalue weighted by Gasteiger charge is -2.35. The van der Waals surface area contributed by atoms with Gasteiger partial charge in [0.2, 0.25) is 5.91 Å². The van der Waals surface area contributed by atoms with Crippen molar-refractivity contribution in [1.29, 1.82) is 0 Å². The Bertz CT molecular complexity index is 441. The van der Waals surface area contributed by atoms with Gasteiger partial charge in [0.1, 0.15) is 11.9 Å². The molecule has 17 heavy (non-hydrogen) atoms. The van der Waals surface area contributed by atoms with Gasteiger partial charge in [0.25, 0.3) is 0 Å². The van der Waals surface area contributed by atoms with Crippen LogP contribution in [0.25, 0.3) is 0 Å². The fourth-order valence-corrected chi connectivity index (χ4v) is 2.73. The van der Waals surface area contributed by atoms with Crippen LogP contribution < -0.4 is 10.2 Å². The zero-order valence-corrected chi connectivity index (χ0v) is 11.8. The average Bonchev–Trinajstić information content (AvgIpc) is 2.29. The Kier molecular flexibility index (Phi) is 3.89. The number of rotatable bonds is 2. The van der Waals surface area contributed by atoms with Gasteiger partial charge in [-0.25, -0.2) is 4.98 Å². The highest BCUT2D eigenvalue weighted by molar-refractivity contribution is 9.10. The van der Waals surface area contributed by atoms with Crippen molar-refractivity contribution in [3.05, 3.63) is 21.8 Å². The third-order valence-corrected chi connectivity index (χ3v) is 3.49. The summed E-state index contributed by atoms with van der Waals surface area (Å²) in [5, 5.41) is 3.42. The van der Waals surface area contributed by atoms with Crippen LogP contribution >= 0.6 is 27.5 Å². The number of aromatic nitrogens is 1. The molecule has 1 atom stereocenters. The molecule has 1 aromatic heterocycles. The molecule has 4 nitrogen and oxygen atoms in total. The molecule has 6 heteroatoms. The molecule has 1 aromatic rings. The van der Waals surface area contributed by atoms with E-state index >= 15 is 0 Å². The van der Waals surface area contributed by atoms with Crippen LogP contribution in [0.4, 0.5) is 5.82 Å². The van der Waals surface area contributed by atoms with Crippen molar-refractivity contribution in [3.63, 3.8) is 0 Å². The summed E-state index contributed by atoms with van der Waals surface area (Å²) in [4.78, 5) is 18.0. The van der Waals surface area contributed by atoms with Gasteiger partial charge in [0, 0.05) is 23.8 Å². The van der Waals surface area contributed by atoms with E-state index in [1.54, 1.807) is 12.3 Å². The number of carbonyl (C=O) groups excluding carboxylic acids is 1. The van der Waals surface area contributed by atoms with Gasteiger partial charge in [-0.2, -0.15) is 0 Å². The number of anilines is 1. The van der Waals surface area contributed by atoms with E-state index in [0.717, 1.165) is 17.4 Å². The van der Waals surface area contributed by atoms with Crippen LogP contribution in [0.2, 0.25) is 5.02 Å². The van der Waals surface area contributed by atoms with E-state index in [1.165, 1.54) is 0 Å². The Morgan fingerprint density at radius 3 is 3.12 bits per heavy atom. The number of hydrogen-bond acceptors (Lipinski definition) is 3. The second-order valence-corrected chi connectivity index (χ2v) is 5.19. The number of pyridine rings is 1. The minimum absolute atomic E-state index is 0.0412. The van der Waals surface area contributed by atoms with E-state index in [4.69, 9.17) is 11.6 Å². The van der Waals surface area contributed by atoms with E-state index in [0.29, 0.717) is 17.4 Å². The SMILES string of the molecule is CCC1C(=O)NCCN1c1ncc(Br)cc1Cl. The molecule has 2 heterocycles. The van der Waals surface area contributed by atoms with Gasteiger partial charge in [-0.05, 0) is 28.4 Å². The number of nitrogens with one attached hydrogen (secondary N) is 1. The molecule has 1 saturated heterocycles. The lowest BCUT2D eigenvalue weighted by molar-refractivity contribution is -0.123. The third kappa shape index (κ3) is 2.55. The highest BCUT2D eigenvalue weighted by Crippen LogP contribution is 2.28. The first-order valence-electron chi connectivity index (χ1n) is 5.49. The van der Waals surface area contributed by atoms with E-state index in [-0.39, 0.29) is 11.9 Å². The van der Waals surface area contributed by atoms with E-state index in [2.05, 4.69) is 26.2 Å². The smallest absolute Gasteiger partial charge is 0.242 e. The van der Waals surface area contributed by atoms with Gasteiger partial charge in [-0.15, -0.1) is 0 Å². The number of hydrogen-bond donors (Lipinski definition) is 1. The highest BCUT2D eigenvalue weighted by Gasteiger charge is 2.30. The summed E-state index contributed by atoms with van der Waals surface area (Å²) >= 11 is 9.49. The van der Waals surface area contributed by atoms with Gasteiger partial charge in [0.05, 0.1) is 5.02 Å². The van der Waals surface area contributed by atoms with Gasteiger partial charge >= 0.3 is 0 Å². The maximum Gasteiger partial charge on any atom is 0.242 e. The molecule has 0 aromatic carbocycles. The number of nitrogens with zero attached hydrogens (tertiary/aromatic N) is 2. The molecular formula is C11H13BrClN3O. The molecule has 1 fully saturated rings. The van der Waals surface area contributed by atoms with Gasteiger partial charge in [-0.3, -0.25) is 4.79 Å². The van der Waals surface area contributed by atoms with E-state index in [9.17, 15) is 4.79 Å². The average molecular weight is 319 g/mol. The summed E-state index contributed by atoms with van der Waals surface area (Å²) in [7, 11) is 0. The zero-order chi connectivity index (χ0) is 12.4. The number of amides is 1. The molecule has 0 radical (unpaired) electrons. The van der Waals surface area contributed by atoms with Crippen LogP contribution in [0.15, 0.2) is 16.7 Å². The molecule has 1 amide bonds. The highest BCUT2D eigenvalue weighted by atomic mass is 79.9. The predicted octanol–water partition coefficient (Wildman–Crippen LogP) is 2.21. The summed E-state index contributed by atoms with van der Waals surface area (Å²) < 4.78 is 0.834. The molecule has 1 N–H and O–H groups in total. The molecule has 1 aliphatic heterocycles. The molecule has 2 rings (SSSR count). The normalized spacial score (nSPS) is 20.3. The van der Waals surface area contributed by atoms with Gasteiger partial charge < -0.3 is 10.2 Å². The Balaban J connectivity index is 2.33. The molecule has 92 valence electrons. The van der Waals surface area contributed by atoms with Crippen molar-refractivity contribution in [1.82, 2.24) is 10.3 Å². The predicted molar refractivity (Wildman–Crippen MR) is 71.4 cm³/mol. The molecule has 0 spiro atoms. The first-order valence-corrected chi connectivity index (χ1v) is 6.66. The van der Waals surface area contributed by atoms with E-state index < -0.39 is 0 Å². The Morgan fingerprint density at radius 2 is 2.47 bits per heavy atom. The van der Waals surface area contributed by atoms with Crippen molar-refractivity contribution in [2.24, 2.45) is 0 Å². The Labute approximate surface area is 113 Å².